The maximum atomic E-state index is 15.8. The predicted octanol–water partition coefficient (Wildman–Crippen LogP) is 7.70. The van der Waals surface area contributed by atoms with Crippen LogP contribution in [0.1, 0.15) is 72.0 Å². The third-order valence-corrected chi connectivity index (χ3v) is 16.4. The zero-order valence-corrected chi connectivity index (χ0v) is 42.7. The number of halogens is 1. The molecule has 2 saturated heterocycles. The highest BCUT2D eigenvalue weighted by Crippen LogP contribution is 2.45. The first-order valence-electron chi connectivity index (χ1n) is 25.9. The van der Waals surface area contributed by atoms with Crippen molar-refractivity contribution in [2.75, 3.05) is 70.5 Å². The highest BCUT2D eigenvalue weighted by atomic mass is 19.1. The Kier molecular flexibility index (Phi) is 13.4. The Morgan fingerprint density at radius 1 is 0.824 bits per heavy atom. The molecule has 382 valence electrons. The molecule has 3 atom stereocenters. The molecule has 74 heavy (non-hydrogen) atoms. The van der Waals surface area contributed by atoms with E-state index in [9.17, 15) is 15.2 Å². The average Bonchev–Trinajstić information content (AvgIpc) is 3.76. The summed E-state index contributed by atoms with van der Waals surface area (Å²) in [6.45, 7) is 11.9. The SMILES string of the molecule is Cc1c(N(C(=O)c2cc(-c3cc4c(cc3C(=O)N3Cc5ccccc5C[C@H]3CN3CC5CC5C3)CN(C(=O)Cc3ccc(OCCN5CCOCC5)cc3F)CC4)n(C)c2C)c2ccc(O)cc2)cc(C#N)n1C. The van der Waals surface area contributed by atoms with Gasteiger partial charge in [0.2, 0.25) is 5.91 Å². The number of benzene rings is 4. The second-order valence-electron chi connectivity index (χ2n) is 20.9. The van der Waals surface area contributed by atoms with Gasteiger partial charge in [0.25, 0.3) is 11.8 Å². The molecule has 4 aromatic carbocycles. The Morgan fingerprint density at radius 3 is 2.31 bits per heavy atom. The van der Waals surface area contributed by atoms with Crippen LogP contribution in [0.15, 0.2) is 91.0 Å². The maximum absolute atomic E-state index is 15.8. The number of hydrogen-bond donors (Lipinski definition) is 1. The van der Waals surface area contributed by atoms with Crippen molar-refractivity contribution in [2.45, 2.75) is 58.7 Å². The van der Waals surface area contributed by atoms with E-state index in [0.29, 0.717) is 101 Å². The lowest BCUT2D eigenvalue weighted by atomic mass is 9.89. The van der Waals surface area contributed by atoms with Gasteiger partial charge in [-0.25, -0.2) is 4.39 Å². The number of ether oxygens (including phenoxy) is 2. The predicted molar refractivity (Wildman–Crippen MR) is 279 cm³/mol. The quantitative estimate of drug-likeness (QED) is 0.123. The number of piperidine rings is 1. The number of likely N-dealkylation sites (tertiary alicyclic amines) is 1. The van der Waals surface area contributed by atoms with E-state index in [1.54, 1.807) is 51.7 Å². The molecule has 3 fully saturated rings. The van der Waals surface area contributed by atoms with Gasteiger partial charge in [-0.15, -0.1) is 0 Å². The van der Waals surface area contributed by atoms with E-state index in [-0.39, 0.29) is 42.5 Å². The molecule has 6 aromatic rings. The minimum atomic E-state index is -0.492. The van der Waals surface area contributed by atoms with Crippen LogP contribution in [-0.2, 0) is 56.0 Å². The lowest BCUT2D eigenvalue weighted by Gasteiger charge is -2.40. The van der Waals surface area contributed by atoms with Crippen molar-refractivity contribution in [1.82, 2.24) is 28.7 Å². The summed E-state index contributed by atoms with van der Waals surface area (Å²) in [5.41, 5.74) is 9.57. The van der Waals surface area contributed by atoms with Crippen molar-refractivity contribution in [3.8, 4) is 28.8 Å². The van der Waals surface area contributed by atoms with Crippen LogP contribution in [-0.4, -0.2) is 123 Å². The van der Waals surface area contributed by atoms with Gasteiger partial charge in [-0.1, -0.05) is 30.3 Å². The number of rotatable bonds is 13. The normalized spacial score (nSPS) is 19.4. The molecule has 14 nitrogen and oxygen atoms in total. The molecule has 6 heterocycles. The zero-order chi connectivity index (χ0) is 51.4. The van der Waals surface area contributed by atoms with Crippen LogP contribution < -0.4 is 9.64 Å². The number of carbonyl (C=O) groups is 3. The highest BCUT2D eigenvalue weighted by molar-refractivity contribution is 6.13. The molecule has 0 bridgehead atoms. The van der Waals surface area contributed by atoms with E-state index < -0.39 is 5.82 Å². The van der Waals surface area contributed by atoms with Gasteiger partial charge < -0.3 is 38.4 Å². The average molecular weight is 999 g/mol. The van der Waals surface area contributed by atoms with Crippen molar-refractivity contribution in [3.05, 3.63) is 153 Å². The summed E-state index contributed by atoms with van der Waals surface area (Å²) in [6.07, 6.45) is 2.41. The number of nitriles is 1. The Hall–Kier alpha value is -7.25. The van der Waals surface area contributed by atoms with E-state index >= 15 is 14.0 Å². The van der Waals surface area contributed by atoms with Gasteiger partial charge in [-0.3, -0.25) is 24.2 Å². The van der Waals surface area contributed by atoms with Gasteiger partial charge in [-0.2, -0.15) is 5.26 Å². The van der Waals surface area contributed by atoms with Crippen LogP contribution in [0.2, 0.25) is 0 Å². The number of aromatic nitrogens is 2. The first-order chi connectivity index (χ1) is 35.8. The van der Waals surface area contributed by atoms with E-state index in [4.69, 9.17) is 9.47 Å². The van der Waals surface area contributed by atoms with Crippen LogP contribution in [0.5, 0.6) is 11.5 Å². The lowest BCUT2D eigenvalue weighted by molar-refractivity contribution is -0.131. The Balaban J connectivity index is 0.929. The molecule has 15 heteroatoms. The number of nitrogens with zero attached hydrogens (tertiary/aromatic N) is 8. The fraction of sp³-hybridized carbons (Fsp3) is 0.390. The third-order valence-electron chi connectivity index (χ3n) is 16.4. The van der Waals surface area contributed by atoms with Crippen LogP contribution in [0, 0.1) is 42.8 Å². The summed E-state index contributed by atoms with van der Waals surface area (Å²) in [5.74, 6) is 0.801. The summed E-state index contributed by atoms with van der Waals surface area (Å²) < 4.78 is 30.6. The van der Waals surface area contributed by atoms with E-state index in [1.807, 2.05) is 48.6 Å². The summed E-state index contributed by atoms with van der Waals surface area (Å²) in [5, 5.41) is 20.3. The summed E-state index contributed by atoms with van der Waals surface area (Å²) in [7, 11) is 3.69. The number of phenols is 1. The molecule has 0 spiro atoms. The molecule has 2 aromatic heterocycles. The van der Waals surface area contributed by atoms with Crippen molar-refractivity contribution in [2.24, 2.45) is 25.9 Å². The fourth-order valence-electron chi connectivity index (χ4n) is 11.7. The molecule has 1 saturated carbocycles. The van der Waals surface area contributed by atoms with Crippen LogP contribution in [0.3, 0.4) is 0 Å². The third kappa shape index (κ3) is 9.58. The molecule has 1 aliphatic carbocycles. The van der Waals surface area contributed by atoms with Crippen molar-refractivity contribution < 1.29 is 33.4 Å². The molecule has 5 aliphatic rings. The number of morpholine rings is 1. The Labute approximate surface area is 431 Å². The van der Waals surface area contributed by atoms with Gasteiger partial charge in [0.15, 0.2) is 0 Å². The second kappa shape index (κ2) is 20.2. The number of carbonyl (C=O) groups excluding carboxylic acids is 3. The van der Waals surface area contributed by atoms with Gasteiger partial charge in [-0.05, 0) is 127 Å². The molecular weight excluding hydrogens is 936 g/mol. The largest absolute Gasteiger partial charge is 0.508 e. The van der Waals surface area contributed by atoms with Crippen LogP contribution in [0.25, 0.3) is 11.3 Å². The number of fused-ring (bicyclic) bond motifs is 3. The van der Waals surface area contributed by atoms with Crippen molar-refractivity contribution >= 4 is 29.1 Å². The summed E-state index contributed by atoms with van der Waals surface area (Å²) in [4.78, 5) is 55.3. The standard InChI is InChI=1S/C59H63FN8O6/c1-37-51(59(72)68(46-10-12-49(69)13-11-46)55-28-47(31-61)62(3)38(55)2)30-56(63(37)4)52-25-40-15-16-66(57(70)27-41-9-14-50(29-54(41)60)74-22-19-64-17-20-73-21-18-64)34-45(40)26-53(52)58(71)67-35-42-8-6-5-7-39(42)24-48(67)36-65-32-43-23-44(43)33-65/h5-14,25-26,28-30,43-44,48,69H,15-24,27,32-36H2,1-4H3/t43?,44?,48-/m0/s1. The molecule has 2 unspecified atom stereocenters. The minimum absolute atomic E-state index is 0.0517. The Bertz CT molecular complexity index is 3190. The number of anilines is 2. The second-order valence-corrected chi connectivity index (χ2v) is 20.9. The lowest BCUT2D eigenvalue weighted by Crippen LogP contribution is -2.50. The number of amides is 3. The van der Waals surface area contributed by atoms with Crippen LogP contribution in [0.4, 0.5) is 15.8 Å². The fourth-order valence-corrected chi connectivity index (χ4v) is 11.7. The van der Waals surface area contributed by atoms with Crippen LogP contribution >= 0.6 is 0 Å². The van der Waals surface area contributed by atoms with Crippen molar-refractivity contribution in [3.63, 3.8) is 0 Å². The van der Waals surface area contributed by atoms with E-state index in [0.717, 1.165) is 74.2 Å². The smallest absolute Gasteiger partial charge is 0.264 e. The highest BCUT2D eigenvalue weighted by Gasteiger charge is 2.46. The molecule has 3 amide bonds. The Morgan fingerprint density at radius 2 is 1.58 bits per heavy atom. The van der Waals surface area contributed by atoms with E-state index in [1.165, 1.54) is 30.2 Å². The van der Waals surface area contributed by atoms with E-state index in [2.05, 4.69) is 40.1 Å². The first-order valence-corrected chi connectivity index (χ1v) is 25.9. The number of hydrogen-bond acceptors (Lipinski definition) is 9. The minimum Gasteiger partial charge on any atom is -0.508 e. The van der Waals surface area contributed by atoms with Gasteiger partial charge in [0.1, 0.15) is 35.7 Å². The molecular formula is C59H63FN8O6. The van der Waals surface area contributed by atoms with Gasteiger partial charge >= 0.3 is 0 Å². The molecule has 1 N–H and O–H groups in total. The molecule has 11 rings (SSSR count). The first kappa shape index (κ1) is 49.0. The van der Waals surface area contributed by atoms with Gasteiger partial charge in [0, 0.05) is 119 Å². The number of aromatic hydroxyl groups is 1. The topological polar surface area (TPSA) is 140 Å². The monoisotopic (exact) mass is 998 g/mol. The zero-order valence-electron chi connectivity index (χ0n) is 42.7. The van der Waals surface area contributed by atoms with Crippen molar-refractivity contribution in [1.29, 1.82) is 5.26 Å². The molecule has 4 aliphatic heterocycles. The number of phenolic OH excluding ortho intramolecular Hbond substituents is 1. The molecule has 0 radical (unpaired) electrons. The summed E-state index contributed by atoms with van der Waals surface area (Å²) >= 11 is 0. The van der Waals surface area contributed by atoms with Gasteiger partial charge in [0.05, 0.1) is 30.9 Å². The summed E-state index contributed by atoms with van der Waals surface area (Å²) in [6, 6.07) is 29.2. The maximum Gasteiger partial charge on any atom is 0.264 e.